The van der Waals surface area contributed by atoms with Crippen LogP contribution in [0.1, 0.15) is 40.5 Å². The number of anilines is 1. The Kier molecular flexibility index (Phi) is 7.78. The third-order valence-electron chi connectivity index (χ3n) is 6.59. The number of halogens is 2. The molecule has 33 heavy (non-hydrogen) atoms. The highest BCUT2D eigenvalue weighted by molar-refractivity contribution is 6.36. The molecular formula is C25H30Cl2N4O2. The fraction of sp³-hybridized carbons (Fsp3) is 0.440. The predicted octanol–water partition coefficient (Wildman–Crippen LogP) is 4.17. The van der Waals surface area contributed by atoms with E-state index in [0.717, 1.165) is 69.9 Å². The van der Waals surface area contributed by atoms with Crippen LogP contribution >= 0.6 is 23.2 Å². The highest BCUT2D eigenvalue weighted by Crippen LogP contribution is 2.27. The van der Waals surface area contributed by atoms with Crippen LogP contribution < -0.4 is 10.2 Å². The van der Waals surface area contributed by atoms with E-state index in [-0.39, 0.29) is 17.9 Å². The maximum absolute atomic E-state index is 13.3. The number of carbonyl (C=O) groups is 2. The zero-order valence-corrected chi connectivity index (χ0v) is 20.4. The Balaban J connectivity index is 1.37. The minimum atomic E-state index is -0.183. The smallest absolute Gasteiger partial charge is 0.256 e. The van der Waals surface area contributed by atoms with E-state index in [1.807, 2.05) is 29.2 Å². The lowest BCUT2D eigenvalue weighted by Gasteiger charge is -2.37. The predicted molar refractivity (Wildman–Crippen MR) is 134 cm³/mol. The zero-order chi connectivity index (χ0) is 23.4. The Morgan fingerprint density at radius 3 is 2.30 bits per heavy atom. The maximum atomic E-state index is 13.3. The number of piperidine rings is 1. The fourth-order valence-corrected chi connectivity index (χ4v) is 5.06. The summed E-state index contributed by atoms with van der Waals surface area (Å²) < 4.78 is 0. The summed E-state index contributed by atoms with van der Waals surface area (Å²) in [5.41, 5.74) is 2.17. The molecule has 2 aromatic rings. The molecule has 0 bridgehead atoms. The number of likely N-dealkylation sites (N-methyl/N-ethyl adjacent to an activating group) is 1. The summed E-state index contributed by atoms with van der Waals surface area (Å²) in [6.07, 6.45) is 1.60. The van der Waals surface area contributed by atoms with Crippen molar-refractivity contribution < 1.29 is 9.59 Å². The molecule has 176 valence electrons. The summed E-state index contributed by atoms with van der Waals surface area (Å²) in [5.74, 6) is -0.0777. The summed E-state index contributed by atoms with van der Waals surface area (Å²) in [5, 5.41) is 3.95. The number of para-hydroxylation sites is 1. The fourth-order valence-electron chi connectivity index (χ4n) is 4.57. The molecule has 2 amide bonds. The molecule has 1 N–H and O–H groups in total. The Bertz CT molecular complexity index is 1000. The van der Waals surface area contributed by atoms with Gasteiger partial charge in [-0.25, -0.2) is 0 Å². The standard InChI is InChI=1S/C25H30Cl2N4O2/c1-2-29-13-15-31(16-14-29)25(33)21-5-3-4-6-23(21)30-11-9-19(10-12-30)28-24(32)20-8-7-18(26)17-22(20)27/h3-8,17,19H,2,9-16H2,1H3,(H,28,32). The van der Waals surface area contributed by atoms with Crippen molar-refractivity contribution in [1.29, 1.82) is 0 Å². The lowest BCUT2D eigenvalue weighted by Crippen LogP contribution is -2.49. The van der Waals surface area contributed by atoms with Crippen molar-refractivity contribution in [2.24, 2.45) is 0 Å². The van der Waals surface area contributed by atoms with E-state index < -0.39 is 0 Å². The number of hydrogen-bond acceptors (Lipinski definition) is 4. The summed E-state index contributed by atoms with van der Waals surface area (Å²) in [7, 11) is 0. The van der Waals surface area contributed by atoms with Crippen LogP contribution in [0.15, 0.2) is 42.5 Å². The van der Waals surface area contributed by atoms with Gasteiger partial charge in [0.05, 0.1) is 16.1 Å². The Morgan fingerprint density at radius 2 is 1.64 bits per heavy atom. The van der Waals surface area contributed by atoms with Crippen molar-refractivity contribution in [2.45, 2.75) is 25.8 Å². The van der Waals surface area contributed by atoms with Gasteiger partial charge in [0.25, 0.3) is 11.8 Å². The molecule has 0 aliphatic carbocycles. The first-order valence-corrected chi connectivity index (χ1v) is 12.3. The van der Waals surface area contributed by atoms with Crippen LogP contribution in [0.5, 0.6) is 0 Å². The van der Waals surface area contributed by atoms with E-state index in [9.17, 15) is 9.59 Å². The van der Waals surface area contributed by atoms with Crippen molar-refractivity contribution in [1.82, 2.24) is 15.1 Å². The van der Waals surface area contributed by atoms with Gasteiger partial charge in [0.15, 0.2) is 0 Å². The maximum Gasteiger partial charge on any atom is 0.256 e. The van der Waals surface area contributed by atoms with Gasteiger partial charge in [0, 0.05) is 56.0 Å². The molecule has 2 aromatic carbocycles. The van der Waals surface area contributed by atoms with Gasteiger partial charge < -0.3 is 20.0 Å². The second-order valence-electron chi connectivity index (χ2n) is 8.60. The summed E-state index contributed by atoms with van der Waals surface area (Å²) in [6, 6.07) is 12.8. The Labute approximate surface area is 205 Å². The van der Waals surface area contributed by atoms with Crippen molar-refractivity contribution in [3.63, 3.8) is 0 Å². The lowest BCUT2D eigenvalue weighted by molar-refractivity contribution is 0.0644. The van der Waals surface area contributed by atoms with Gasteiger partial charge in [0.2, 0.25) is 0 Å². The summed E-state index contributed by atoms with van der Waals surface area (Å²) in [6.45, 7) is 8.10. The second-order valence-corrected chi connectivity index (χ2v) is 9.45. The molecule has 2 heterocycles. The molecule has 0 aromatic heterocycles. The van der Waals surface area contributed by atoms with Crippen LogP contribution in [0.4, 0.5) is 5.69 Å². The minimum absolute atomic E-state index is 0.0606. The first kappa shape index (κ1) is 23.9. The highest BCUT2D eigenvalue weighted by Gasteiger charge is 2.27. The minimum Gasteiger partial charge on any atom is -0.371 e. The normalized spacial score (nSPS) is 17.8. The number of benzene rings is 2. The van der Waals surface area contributed by atoms with E-state index in [4.69, 9.17) is 23.2 Å². The molecule has 0 atom stereocenters. The summed E-state index contributed by atoms with van der Waals surface area (Å²) >= 11 is 12.1. The van der Waals surface area contributed by atoms with Crippen LogP contribution in [0.25, 0.3) is 0 Å². The lowest BCUT2D eigenvalue weighted by atomic mass is 10.0. The number of hydrogen-bond donors (Lipinski definition) is 1. The number of nitrogens with one attached hydrogen (secondary N) is 1. The Hall–Kier alpha value is -2.28. The van der Waals surface area contributed by atoms with Crippen LogP contribution in [-0.4, -0.2) is 73.5 Å². The van der Waals surface area contributed by atoms with Gasteiger partial charge in [-0.3, -0.25) is 9.59 Å². The molecule has 0 spiro atoms. The van der Waals surface area contributed by atoms with Crippen molar-refractivity contribution >= 4 is 40.7 Å². The largest absolute Gasteiger partial charge is 0.371 e. The van der Waals surface area contributed by atoms with Gasteiger partial charge in [0.1, 0.15) is 0 Å². The van der Waals surface area contributed by atoms with Gasteiger partial charge >= 0.3 is 0 Å². The first-order chi connectivity index (χ1) is 16.0. The Morgan fingerprint density at radius 1 is 0.939 bits per heavy atom. The third-order valence-corrected chi connectivity index (χ3v) is 7.14. The highest BCUT2D eigenvalue weighted by atomic mass is 35.5. The van der Waals surface area contributed by atoms with E-state index >= 15 is 0 Å². The first-order valence-electron chi connectivity index (χ1n) is 11.6. The molecule has 8 heteroatoms. The number of nitrogens with zero attached hydrogens (tertiary/aromatic N) is 3. The molecule has 0 radical (unpaired) electrons. The van der Waals surface area contributed by atoms with Crippen molar-refractivity contribution in [2.75, 3.05) is 50.7 Å². The van der Waals surface area contributed by atoms with Gasteiger partial charge in [-0.15, -0.1) is 0 Å². The number of piperazine rings is 1. The van der Waals surface area contributed by atoms with E-state index in [1.54, 1.807) is 18.2 Å². The molecule has 6 nitrogen and oxygen atoms in total. The van der Waals surface area contributed by atoms with Crippen LogP contribution in [0.3, 0.4) is 0 Å². The molecule has 2 aliphatic heterocycles. The third kappa shape index (κ3) is 5.62. The second kappa shape index (κ2) is 10.8. The van der Waals surface area contributed by atoms with Crippen molar-refractivity contribution in [3.8, 4) is 0 Å². The molecule has 4 rings (SSSR count). The quantitative estimate of drug-likeness (QED) is 0.685. The molecular weight excluding hydrogens is 459 g/mol. The topological polar surface area (TPSA) is 55.9 Å². The van der Waals surface area contributed by atoms with Crippen LogP contribution in [0, 0.1) is 0 Å². The molecule has 0 unspecified atom stereocenters. The average molecular weight is 489 g/mol. The molecule has 0 saturated carbocycles. The van der Waals surface area contributed by atoms with E-state index in [2.05, 4.69) is 22.0 Å². The number of amides is 2. The van der Waals surface area contributed by atoms with Gasteiger partial charge in [-0.1, -0.05) is 42.3 Å². The van der Waals surface area contributed by atoms with Gasteiger partial charge in [-0.2, -0.15) is 0 Å². The zero-order valence-electron chi connectivity index (χ0n) is 18.9. The average Bonchev–Trinajstić information content (AvgIpc) is 2.84. The number of carbonyl (C=O) groups excluding carboxylic acids is 2. The monoisotopic (exact) mass is 488 g/mol. The van der Waals surface area contributed by atoms with E-state index in [1.165, 1.54) is 0 Å². The van der Waals surface area contributed by atoms with Crippen LogP contribution in [-0.2, 0) is 0 Å². The molecule has 2 fully saturated rings. The molecule has 2 aliphatic rings. The van der Waals surface area contributed by atoms with Crippen LogP contribution in [0.2, 0.25) is 10.0 Å². The van der Waals surface area contributed by atoms with Crippen molar-refractivity contribution in [3.05, 3.63) is 63.6 Å². The number of rotatable bonds is 5. The SMILES string of the molecule is CCN1CCN(C(=O)c2ccccc2N2CCC(NC(=O)c3ccc(Cl)cc3Cl)CC2)CC1. The molecule has 2 saturated heterocycles. The summed E-state index contributed by atoms with van der Waals surface area (Å²) in [4.78, 5) is 32.5. The van der Waals surface area contributed by atoms with Gasteiger partial charge in [-0.05, 0) is 49.7 Å². The van der Waals surface area contributed by atoms with E-state index in [0.29, 0.717) is 15.6 Å².